The second-order valence-electron chi connectivity index (χ2n) is 6.19. The third kappa shape index (κ3) is 3.09. The average molecular weight is 366 g/mol. The molecule has 26 heavy (non-hydrogen) atoms. The summed E-state index contributed by atoms with van der Waals surface area (Å²) in [6.07, 6.45) is 0.330. The third-order valence-corrected chi connectivity index (χ3v) is 4.51. The van der Waals surface area contributed by atoms with Crippen molar-refractivity contribution in [3.8, 4) is 0 Å². The predicted molar refractivity (Wildman–Crippen MR) is 86.5 cm³/mol. The maximum absolute atomic E-state index is 13.1. The largest absolute Gasteiger partial charge is 0.433 e. The van der Waals surface area contributed by atoms with Crippen molar-refractivity contribution in [2.75, 3.05) is 31.1 Å². The van der Waals surface area contributed by atoms with E-state index in [1.165, 1.54) is 10.8 Å². The zero-order chi connectivity index (χ0) is 18.3. The fourth-order valence-corrected chi connectivity index (χ4v) is 3.05. The molecule has 1 fully saturated rings. The van der Waals surface area contributed by atoms with Crippen molar-refractivity contribution in [3.63, 3.8) is 0 Å². The summed E-state index contributed by atoms with van der Waals surface area (Å²) in [5.41, 5.74) is -0.955. The maximum Gasteiger partial charge on any atom is 0.433 e. The van der Waals surface area contributed by atoms with E-state index < -0.39 is 11.9 Å². The summed E-state index contributed by atoms with van der Waals surface area (Å²) in [6, 6.07) is 1.04. The number of piperazine rings is 1. The Morgan fingerprint density at radius 3 is 2.54 bits per heavy atom. The summed E-state index contributed by atoms with van der Waals surface area (Å²) < 4.78 is 42.7. The molecule has 4 rings (SSSR count). The van der Waals surface area contributed by atoms with E-state index in [-0.39, 0.29) is 5.78 Å². The number of aryl methyl sites for hydroxylation is 1. The van der Waals surface area contributed by atoms with E-state index in [0.29, 0.717) is 38.5 Å². The molecule has 1 aliphatic rings. The van der Waals surface area contributed by atoms with Gasteiger partial charge in [-0.3, -0.25) is 4.90 Å². The summed E-state index contributed by atoms with van der Waals surface area (Å²) >= 11 is 0. The highest BCUT2D eigenvalue weighted by Gasteiger charge is 2.35. The standard InChI is InChI=1S/C15H17F3N8/c1-23-3-2-19-12(23)9-24-4-6-25(7-5-24)13-8-11(15(16,17)18)22-14-20-10-21-26(13)14/h2-3,8,10H,4-7,9H2,1H3. The highest BCUT2D eigenvalue weighted by molar-refractivity contribution is 5.48. The van der Waals surface area contributed by atoms with Gasteiger partial charge in [-0.2, -0.15) is 27.8 Å². The Hall–Kier alpha value is -2.69. The van der Waals surface area contributed by atoms with E-state index in [9.17, 15) is 13.2 Å². The van der Waals surface area contributed by atoms with Crippen molar-refractivity contribution in [2.45, 2.75) is 12.7 Å². The minimum atomic E-state index is -4.53. The Kier molecular flexibility index (Phi) is 4.02. The number of anilines is 1. The molecule has 8 nitrogen and oxygen atoms in total. The van der Waals surface area contributed by atoms with Gasteiger partial charge >= 0.3 is 6.18 Å². The van der Waals surface area contributed by atoms with Crippen LogP contribution in [0.2, 0.25) is 0 Å². The first kappa shape index (κ1) is 16.8. The van der Waals surface area contributed by atoms with Gasteiger partial charge in [0.2, 0.25) is 0 Å². The van der Waals surface area contributed by atoms with Crippen LogP contribution in [0.1, 0.15) is 11.5 Å². The summed E-state index contributed by atoms with van der Waals surface area (Å²) in [5, 5.41) is 4.02. The molecule has 0 N–H and O–H groups in total. The Bertz CT molecular complexity index is 907. The minimum Gasteiger partial charge on any atom is -0.354 e. The van der Waals surface area contributed by atoms with Crippen molar-refractivity contribution in [1.29, 1.82) is 0 Å². The zero-order valence-corrected chi connectivity index (χ0v) is 14.1. The number of nitrogens with zero attached hydrogens (tertiary/aromatic N) is 8. The molecule has 0 unspecified atom stereocenters. The first-order valence-corrected chi connectivity index (χ1v) is 8.13. The molecular formula is C15H17F3N8. The molecule has 4 heterocycles. The van der Waals surface area contributed by atoms with Crippen molar-refractivity contribution in [2.24, 2.45) is 7.05 Å². The molecule has 0 radical (unpaired) electrons. The van der Waals surface area contributed by atoms with Crippen molar-refractivity contribution in [1.82, 2.24) is 34.0 Å². The lowest BCUT2D eigenvalue weighted by Gasteiger charge is -2.35. The average Bonchev–Trinajstić information content (AvgIpc) is 3.23. The molecular weight excluding hydrogens is 349 g/mol. The first-order valence-electron chi connectivity index (χ1n) is 8.13. The van der Waals surface area contributed by atoms with Crippen LogP contribution in [-0.2, 0) is 19.8 Å². The predicted octanol–water partition coefficient (Wildman–Crippen LogP) is 1.20. The molecule has 0 amide bonds. The Labute approximate surface area is 146 Å². The fourth-order valence-electron chi connectivity index (χ4n) is 3.05. The third-order valence-electron chi connectivity index (χ3n) is 4.51. The van der Waals surface area contributed by atoms with Gasteiger partial charge in [-0.1, -0.05) is 0 Å². The van der Waals surface area contributed by atoms with E-state index in [1.54, 1.807) is 6.20 Å². The van der Waals surface area contributed by atoms with Gasteiger partial charge in [0.15, 0.2) is 5.69 Å². The lowest BCUT2D eigenvalue weighted by molar-refractivity contribution is -0.141. The smallest absolute Gasteiger partial charge is 0.354 e. The van der Waals surface area contributed by atoms with Gasteiger partial charge in [-0.25, -0.2) is 9.97 Å². The quantitative estimate of drug-likeness (QED) is 0.694. The summed E-state index contributed by atoms with van der Waals surface area (Å²) in [5.74, 6) is 1.27. The molecule has 1 saturated heterocycles. The zero-order valence-electron chi connectivity index (χ0n) is 14.1. The Balaban J connectivity index is 1.54. The van der Waals surface area contributed by atoms with Crippen LogP contribution >= 0.6 is 0 Å². The molecule has 0 spiro atoms. The second kappa shape index (κ2) is 6.24. The number of hydrogen-bond acceptors (Lipinski definition) is 6. The number of halogens is 3. The SMILES string of the molecule is Cn1ccnc1CN1CCN(c2cc(C(F)(F)F)nc3ncnn23)CC1. The molecule has 0 atom stereocenters. The van der Waals surface area contributed by atoms with E-state index in [2.05, 4.69) is 25.0 Å². The topological polar surface area (TPSA) is 67.4 Å². The molecule has 0 aromatic carbocycles. The Morgan fingerprint density at radius 1 is 1.12 bits per heavy atom. The fraction of sp³-hybridized carbons (Fsp3) is 0.467. The highest BCUT2D eigenvalue weighted by Crippen LogP contribution is 2.30. The molecule has 138 valence electrons. The van der Waals surface area contributed by atoms with Crippen LogP contribution in [-0.4, -0.2) is 60.2 Å². The van der Waals surface area contributed by atoms with Gasteiger partial charge < -0.3 is 9.47 Å². The molecule has 3 aromatic heterocycles. The van der Waals surface area contributed by atoms with Crippen LogP contribution < -0.4 is 4.90 Å². The maximum atomic E-state index is 13.1. The summed E-state index contributed by atoms with van der Waals surface area (Å²) in [7, 11) is 1.94. The van der Waals surface area contributed by atoms with E-state index in [4.69, 9.17) is 0 Å². The lowest BCUT2D eigenvalue weighted by atomic mass is 10.3. The van der Waals surface area contributed by atoms with Gasteiger partial charge in [0.05, 0.1) is 6.54 Å². The lowest BCUT2D eigenvalue weighted by Crippen LogP contribution is -2.47. The first-order chi connectivity index (χ1) is 12.4. The van der Waals surface area contributed by atoms with Crippen LogP contribution in [0, 0.1) is 0 Å². The molecule has 0 saturated carbocycles. The van der Waals surface area contributed by atoms with Crippen LogP contribution in [0.5, 0.6) is 0 Å². The van der Waals surface area contributed by atoms with Crippen LogP contribution in [0.25, 0.3) is 5.78 Å². The highest BCUT2D eigenvalue weighted by atomic mass is 19.4. The van der Waals surface area contributed by atoms with Gasteiger partial charge in [-0.15, -0.1) is 0 Å². The summed E-state index contributed by atoms with van der Waals surface area (Å²) in [4.78, 5) is 15.8. The van der Waals surface area contributed by atoms with Gasteiger partial charge in [-0.05, 0) is 0 Å². The van der Waals surface area contributed by atoms with Crippen LogP contribution in [0.15, 0.2) is 24.8 Å². The number of alkyl halides is 3. The van der Waals surface area contributed by atoms with Gasteiger partial charge in [0, 0.05) is 51.7 Å². The van der Waals surface area contributed by atoms with Gasteiger partial charge in [0.25, 0.3) is 5.78 Å². The normalized spacial score (nSPS) is 16.5. The molecule has 1 aliphatic heterocycles. The molecule has 3 aromatic rings. The van der Waals surface area contributed by atoms with E-state index >= 15 is 0 Å². The van der Waals surface area contributed by atoms with Crippen molar-refractivity contribution >= 4 is 11.6 Å². The molecule has 0 bridgehead atoms. The molecule has 0 aliphatic carbocycles. The number of imidazole rings is 1. The van der Waals surface area contributed by atoms with Crippen molar-refractivity contribution in [3.05, 3.63) is 36.3 Å². The number of aromatic nitrogens is 6. The molecule has 11 heteroatoms. The van der Waals surface area contributed by atoms with Gasteiger partial charge in [0.1, 0.15) is 18.0 Å². The minimum absolute atomic E-state index is 0.0507. The number of fused-ring (bicyclic) bond motifs is 1. The van der Waals surface area contributed by atoms with E-state index in [0.717, 1.165) is 11.9 Å². The summed E-state index contributed by atoms with van der Waals surface area (Å²) in [6.45, 7) is 3.31. The Morgan fingerprint density at radius 2 is 1.88 bits per heavy atom. The monoisotopic (exact) mass is 366 g/mol. The van der Waals surface area contributed by atoms with Crippen molar-refractivity contribution < 1.29 is 13.2 Å². The number of hydrogen-bond donors (Lipinski definition) is 0. The second-order valence-corrected chi connectivity index (χ2v) is 6.19. The number of rotatable bonds is 3. The van der Waals surface area contributed by atoms with Crippen LogP contribution in [0.3, 0.4) is 0 Å². The van der Waals surface area contributed by atoms with E-state index in [1.807, 2.05) is 22.7 Å². The van der Waals surface area contributed by atoms with Crippen LogP contribution in [0.4, 0.5) is 19.0 Å².